The first-order chi connectivity index (χ1) is 12.5. The Morgan fingerprint density at radius 3 is 2.50 bits per heavy atom. The Kier molecular flexibility index (Phi) is 6.08. The molecule has 0 spiro atoms. The van der Waals surface area contributed by atoms with Crippen LogP contribution in [0.5, 0.6) is 0 Å². The molecule has 1 fully saturated rings. The molecule has 2 heterocycles. The molecule has 3 rings (SSSR count). The van der Waals surface area contributed by atoms with Crippen molar-refractivity contribution in [3.63, 3.8) is 0 Å². The van der Waals surface area contributed by atoms with Gasteiger partial charge in [0.2, 0.25) is 0 Å². The fourth-order valence-electron chi connectivity index (χ4n) is 2.67. The second-order valence-corrected chi connectivity index (χ2v) is 9.30. The van der Waals surface area contributed by atoms with Crippen molar-refractivity contribution < 1.29 is 17.9 Å². The number of sulfonamides is 1. The molecular formula is C18H22N2O4S2. The van der Waals surface area contributed by atoms with Crippen LogP contribution in [-0.2, 0) is 27.7 Å². The molecule has 0 saturated carbocycles. The molecule has 0 bridgehead atoms. The highest BCUT2D eigenvalue weighted by molar-refractivity contribution is 7.91. The zero-order chi connectivity index (χ0) is 18.6. The van der Waals surface area contributed by atoms with E-state index in [9.17, 15) is 13.2 Å². The van der Waals surface area contributed by atoms with Crippen LogP contribution in [0, 0.1) is 0 Å². The van der Waals surface area contributed by atoms with Gasteiger partial charge in [-0.05, 0) is 36.2 Å². The summed E-state index contributed by atoms with van der Waals surface area (Å²) in [5, 5.41) is 2.84. The molecule has 1 aromatic heterocycles. The molecule has 0 aliphatic carbocycles. The number of amides is 1. The predicted octanol–water partition coefficient (Wildman–Crippen LogP) is 2.26. The van der Waals surface area contributed by atoms with Crippen LogP contribution in [0.4, 0.5) is 0 Å². The summed E-state index contributed by atoms with van der Waals surface area (Å²) in [6.45, 7) is 3.96. The summed E-state index contributed by atoms with van der Waals surface area (Å²) < 4.78 is 32.2. The Hall–Kier alpha value is -1.74. The van der Waals surface area contributed by atoms with E-state index in [1.54, 1.807) is 24.3 Å². The summed E-state index contributed by atoms with van der Waals surface area (Å²) >= 11 is 1.19. The number of nitrogens with one attached hydrogen (secondary N) is 1. The van der Waals surface area contributed by atoms with Gasteiger partial charge in [0.15, 0.2) is 0 Å². The summed E-state index contributed by atoms with van der Waals surface area (Å²) in [5.74, 6) is -0.168. The van der Waals surface area contributed by atoms with Crippen LogP contribution in [0.3, 0.4) is 0 Å². The number of thiophene rings is 1. The number of morpholine rings is 1. The Labute approximate surface area is 157 Å². The lowest BCUT2D eigenvalue weighted by atomic mass is 10.1. The molecule has 8 heteroatoms. The van der Waals surface area contributed by atoms with Crippen LogP contribution in [-0.4, -0.2) is 44.9 Å². The molecule has 1 aliphatic rings. The number of carbonyl (C=O) groups is 1. The van der Waals surface area contributed by atoms with Gasteiger partial charge in [0.25, 0.3) is 15.9 Å². The van der Waals surface area contributed by atoms with Crippen molar-refractivity contribution in [2.24, 2.45) is 0 Å². The van der Waals surface area contributed by atoms with E-state index in [-0.39, 0.29) is 5.91 Å². The largest absolute Gasteiger partial charge is 0.379 e. The number of aryl methyl sites for hydroxylation is 1. The van der Waals surface area contributed by atoms with E-state index in [2.05, 4.69) is 12.2 Å². The highest BCUT2D eigenvalue weighted by Crippen LogP contribution is 2.25. The van der Waals surface area contributed by atoms with Gasteiger partial charge in [-0.1, -0.05) is 19.1 Å². The number of carbonyl (C=O) groups excluding carboxylic acids is 1. The third-order valence-electron chi connectivity index (χ3n) is 4.25. The average Bonchev–Trinajstić information content (AvgIpc) is 3.17. The second-order valence-electron chi connectivity index (χ2n) is 5.97. The fraction of sp³-hybridized carbons (Fsp3) is 0.389. The fourth-order valence-corrected chi connectivity index (χ4v) is 5.53. The standard InChI is InChI=1S/C18H22N2O4S2/c1-2-14-3-5-15(6-4-14)18(21)19-13-16-7-8-17(25-16)26(22,23)20-9-11-24-12-10-20/h3-8H,2,9-13H2,1H3,(H,19,21). The van der Waals surface area contributed by atoms with Crippen LogP contribution in [0.2, 0.25) is 0 Å². The molecule has 2 aromatic rings. The van der Waals surface area contributed by atoms with E-state index in [0.29, 0.717) is 42.6 Å². The first kappa shape index (κ1) is 19.0. The van der Waals surface area contributed by atoms with Crippen LogP contribution >= 0.6 is 11.3 Å². The van der Waals surface area contributed by atoms with Gasteiger partial charge >= 0.3 is 0 Å². The molecule has 1 saturated heterocycles. The monoisotopic (exact) mass is 394 g/mol. The third kappa shape index (κ3) is 4.32. The molecule has 0 unspecified atom stereocenters. The van der Waals surface area contributed by atoms with E-state index in [4.69, 9.17) is 4.74 Å². The first-order valence-corrected chi connectivity index (χ1v) is 10.8. The van der Waals surface area contributed by atoms with Gasteiger partial charge in [-0.2, -0.15) is 4.31 Å². The Bertz CT molecular complexity index is 854. The Morgan fingerprint density at radius 1 is 1.15 bits per heavy atom. The summed E-state index contributed by atoms with van der Waals surface area (Å²) in [7, 11) is -3.48. The van der Waals surface area contributed by atoms with Gasteiger partial charge < -0.3 is 10.1 Å². The van der Waals surface area contributed by atoms with E-state index in [1.807, 2.05) is 12.1 Å². The molecular weight excluding hydrogens is 372 g/mol. The number of hydrogen-bond acceptors (Lipinski definition) is 5. The molecule has 1 amide bonds. The second kappa shape index (κ2) is 8.30. The number of nitrogens with zero attached hydrogens (tertiary/aromatic N) is 1. The van der Waals surface area contributed by atoms with Gasteiger partial charge in [-0.15, -0.1) is 11.3 Å². The SMILES string of the molecule is CCc1ccc(C(=O)NCc2ccc(S(=O)(=O)N3CCOCC3)s2)cc1. The van der Waals surface area contributed by atoms with Crippen LogP contribution in [0.1, 0.15) is 27.7 Å². The van der Waals surface area contributed by atoms with Crippen molar-refractivity contribution in [2.45, 2.75) is 24.1 Å². The molecule has 140 valence electrons. The summed E-state index contributed by atoms with van der Waals surface area (Å²) in [6.07, 6.45) is 0.928. The lowest BCUT2D eigenvalue weighted by Gasteiger charge is -2.25. The van der Waals surface area contributed by atoms with Gasteiger partial charge in [0.05, 0.1) is 19.8 Å². The number of hydrogen-bond donors (Lipinski definition) is 1. The van der Waals surface area contributed by atoms with Crippen LogP contribution < -0.4 is 5.32 Å². The van der Waals surface area contributed by atoms with Crippen molar-refractivity contribution in [3.05, 3.63) is 52.4 Å². The van der Waals surface area contributed by atoms with Gasteiger partial charge in [0.1, 0.15) is 4.21 Å². The minimum absolute atomic E-state index is 0.168. The maximum atomic E-state index is 12.6. The van der Waals surface area contributed by atoms with E-state index in [1.165, 1.54) is 21.2 Å². The van der Waals surface area contributed by atoms with E-state index >= 15 is 0 Å². The lowest BCUT2D eigenvalue weighted by Crippen LogP contribution is -2.40. The highest BCUT2D eigenvalue weighted by Gasteiger charge is 2.27. The number of ether oxygens (including phenoxy) is 1. The molecule has 0 radical (unpaired) electrons. The third-order valence-corrected chi connectivity index (χ3v) is 7.70. The molecule has 1 aromatic carbocycles. The van der Waals surface area contributed by atoms with Crippen molar-refractivity contribution in [1.82, 2.24) is 9.62 Å². The lowest BCUT2D eigenvalue weighted by molar-refractivity contribution is 0.0731. The summed E-state index contributed by atoms with van der Waals surface area (Å²) in [6, 6.07) is 10.8. The maximum absolute atomic E-state index is 12.6. The van der Waals surface area contributed by atoms with Gasteiger partial charge in [-0.3, -0.25) is 4.79 Å². The van der Waals surface area contributed by atoms with Crippen molar-refractivity contribution in [1.29, 1.82) is 0 Å². The number of rotatable bonds is 6. The van der Waals surface area contributed by atoms with Crippen molar-refractivity contribution in [2.75, 3.05) is 26.3 Å². The predicted molar refractivity (Wildman–Crippen MR) is 101 cm³/mol. The minimum atomic E-state index is -3.48. The number of benzene rings is 1. The zero-order valence-corrected chi connectivity index (χ0v) is 16.2. The minimum Gasteiger partial charge on any atom is -0.379 e. The highest BCUT2D eigenvalue weighted by atomic mass is 32.2. The Balaban J connectivity index is 1.62. The summed E-state index contributed by atoms with van der Waals surface area (Å²) in [4.78, 5) is 13.0. The molecule has 6 nitrogen and oxygen atoms in total. The maximum Gasteiger partial charge on any atom is 0.252 e. The quantitative estimate of drug-likeness (QED) is 0.815. The molecule has 26 heavy (non-hydrogen) atoms. The topological polar surface area (TPSA) is 75.7 Å². The van der Waals surface area contributed by atoms with Crippen molar-refractivity contribution >= 4 is 27.3 Å². The van der Waals surface area contributed by atoms with Crippen LogP contribution in [0.25, 0.3) is 0 Å². The normalized spacial score (nSPS) is 15.7. The smallest absolute Gasteiger partial charge is 0.252 e. The molecule has 0 atom stereocenters. The molecule has 1 aliphatic heterocycles. The van der Waals surface area contributed by atoms with Crippen molar-refractivity contribution in [3.8, 4) is 0 Å². The van der Waals surface area contributed by atoms with E-state index in [0.717, 1.165) is 11.3 Å². The summed E-state index contributed by atoms with van der Waals surface area (Å²) in [5.41, 5.74) is 1.78. The first-order valence-electron chi connectivity index (χ1n) is 8.54. The van der Waals surface area contributed by atoms with Gasteiger partial charge in [0, 0.05) is 23.5 Å². The van der Waals surface area contributed by atoms with Crippen LogP contribution in [0.15, 0.2) is 40.6 Å². The van der Waals surface area contributed by atoms with E-state index < -0.39 is 10.0 Å². The molecule has 1 N–H and O–H groups in total. The average molecular weight is 395 g/mol. The Morgan fingerprint density at radius 2 is 1.85 bits per heavy atom. The zero-order valence-electron chi connectivity index (χ0n) is 14.6. The van der Waals surface area contributed by atoms with Gasteiger partial charge in [-0.25, -0.2) is 8.42 Å².